The van der Waals surface area contributed by atoms with Gasteiger partial charge in [0.15, 0.2) is 0 Å². The summed E-state index contributed by atoms with van der Waals surface area (Å²) in [5, 5.41) is 12.8. The molecule has 4 heteroatoms. The third kappa shape index (κ3) is 3.92. The van der Waals surface area contributed by atoms with Gasteiger partial charge >= 0.3 is 0 Å². The second-order valence-corrected chi connectivity index (χ2v) is 5.30. The number of benzene rings is 1. The molecule has 20 heavy (non-hydrogen) atoms. The number of hydrogen-bond acceptors (Lipinski definition) is 3. The van der Waals surface area contributed by atoms with Gasteiger partial charge in [-0.2, -0.15) is 0 Å². The van der Waals surface area contributed by atoms with E-state index in [-0.39, 0.29) is 12.6 Å². The third-order valence-electron chi connectivity index (χ3n) is 3.26. The Morgan fingerprint density at radius 1 is 1.25 bits per heavy atom. The average molecular weight is 273 g/mol. The maximum absolute atomic E-state index is 9.40. The first-order valence-electron chi connectivity index (χ1n) is 7.14. The minimum Gasteiger partial charge on any atom is -0.395 e. The van der Waals surface area contributed by atoms with Crippen LogP contribution in [0, 0.1) is 0 Å². The van der Waals surface area contributed by atoms with E-state index in [1.54, 1.807) is 0 Å². The van der Waals surface area contributed by atoms with Gasteiger partial charge in [0.05, 0.1) is 6.61 Å². The second kappa shape index (κ2) is 7.22. The van der Waals surface area contributed by atoms with Gasteiger partial charge in [0.1, 0.15) is 5.82 Å². The van der Waals surface area contributed by atoms with Crippen molar-refractivity contribution in [2.45, 2.75) is 38.9 Å². The highest BCUT2D eigenvalue weighted by Gasteiger charge is 2.11. The van der Waals surface area contributed by atoms with Gasteiger partial charge in [-0.05, 0) is 6.42 Å². The first kappa shape index (κ1) is 14.8. The number of hydrogen-bond donors (Lipinski definition) is 2. The Morgan fingerprint density at radius 2 is 2.00 bits per heavy atom. The van der Waals surface area contributed by atoms with Crippen LogP contribution in [0.4, 0.5) is 0 Å². The molecule has 1 heterocycles. The van der Waals surface area contributed by atoms with Crippen LogP contribution in [0.2, 0.25) is 0 Å². The molecule has 108 valence electrons. The predicted molar refractivity (Wildman–Crippen MR) is 81.4 cm³/mol. The molecule has 0 amide bonds. The fourth-order valence-corrected chi connectivity index (χ4v) is 2.33. The van der Waals surface area contributed by atoms with Crippen molar-refractivity contribution < 1.29 is 5.11 Å². The van der Waals surface area contributed by atoms with E-state index >= 15 is 0 Å². The highest BCUT2D eigenvalue weighted by Crippen LogP contribution is 2.17. The lowest BCUT2D eigenvalue weighted by atomic mass is 10.2. The number of imidazole rings is 1. The summed E-state index contributed by atoms with van der Waals surface area (Å²) in [6, 6.07) is 10.7. The summed E-state index contributed by atoms with van der Waals surface area (Å²) in [6.45, 7) is 5.19. The second-order valence-electron chi connectivity index (χ2n) is 5.30. The van der Waals surface area contributed by atoms with Crippen molar-refractivity contribution in [1.29, 1.82) is 0 Å². The van der Waals surface area contributed by atoms with E-state index in [1.807, 2.05) is 30.6 Å². The van der Waals surface area contributed by atoms with E-state index in [4.69, 9.17) is 0 Å². The molecule has 0 aliphatic heterocycles. The van der Waals surface area contributed by atoms with E-state index in [2.05, 4.69) is 40.8 Å². The Bertz CT molecular complexity index is 507. The molecule has 0 saturated heterocycles. The Morgan fingerprint density at radius 3 is 2.65 bits per heavy atom. The van der Waals surface area contributed by atoms with Gasteiger partial charge in [0.25, 0.3) is 0 Å². The quantitative estimate of drug-likeness (QED) is 0.814. The van der Waals surface area contributed by atoms with Crippen LogP contribution in [0.5, 0.6) is 0 Å². The van der Waals surface area contributed by atoms with Gasteiger partial charge in [-0.1, -0.05) is 44.2 Å². The lowest BCUT2D eigenvalue weighted by molar-refractivity contribution is 0.224. The molecule has 0 aliphatic rings. The Labute approximate surface area is 120 Å². The summed E-state index contributed by atoms with van der Waals surface area (Å²) in [5.41, 5.74) is 1.12. The third-order valence-corrected chi connectivity index (χ3v) is 3.26. The fourth-order valence-electron chi connectivity index (χ4n) is 2.33. The smallest absolute Gasteiger partial charge is 0.139 e. The molecule has 4 nitrogen and oxygen atoms in total. The maximum Gasteiger partial charge on any atom is 0.139 e. The Kier molecular flexibility index (Phi) is 5.32. The molecule has 0 aliphatic carbocycles. The number of rotatable bonds is 7. The van der Waals surface area contributed by atoms with Crippen molar-refractivity contribution >= 4 is 0 Å². The summed E-state index contributed by atoms with van der Waals surface area (Å²) in [5.74, 6) is 0.979. The van der Waals surface area contributed by atoms with Crippen LogP contribution < -0.4 is 5.32 Å². The highest BCUT2D eigenvalue weighted by atomic mass is 16.3. The van der Waals surface area contributed by atoms with Crippen LogP contribution in [0.15, 0.2) is 42.7 Å². The minimum atomic E-state index is 0.126. The SMILES string of the molecule is CC(C)NC(CO)CCn1ccnc1-c1ccccc1. The van der Waals surface area contributed by atoms with Crippen LogP contribution in [0.3, 0.4) is 0 Å². The van der Waals surface area contributed by atoms with E-state index in [0.717, 1.165) is 24.4 Å². The topological polar surface area (TPSA) is 50.1 Å². The van der Waals surface area contributed by atoms with Gasteiger partial charge in [-0.3, -0.25) is 0 Å². The summed E-state index contributed by atoms with van der Waals surface area (Å²) < 4.78 is 2.14. The van der Waals surface area contributed by atoms with Crippen molar-refractivity contribution in [2.75, 3.05) is 6.61 Å². The van der Waals surface area contributed by atoms with Crippen LogP contribution >= 0.6 is 0 Å². The Hall–Kier alpha value is -1.65. The number of nitrogens with zero attached hydrogens (tertiary/aromatic N) is 2. The monoisotopic (exact) mass is 273 g/mol. The first-order valence-corrected chi connectivity index (χ1v) is 7.14. The zero-order valence-corrected chi connectivity index (χ0v) is 12.2. The molecule has 0 bridgehead atoms. The average Bonchev–Trinajstić information content (AvgIpc) is 2.92. The predicted octanol–water partition coefficient (Wildman–Crippen LogP) is 2.30. The van der Waals surface area contributed by atoms with Crippen molar-refractivity contribution in [3.05, 3.63) is 42.7 Å². The van der Waals surface area contributed by atoms with Crippen molar-refractivity contribution in [3.8, 4) is 11.4 Å². The molecular weight excluding hydrogens is 250 g/mol. The van der Waals surface area contributed by atoms with Crippen LogP contribution in [-0.2, 0) is 6.54 Å². The largest absolute Gasteiger partial charge is 0.395 e. The van der Waals surface area contributed by atoms with Gasteiger partial charge in [0, 0.05) is 36.6 Å². The standard InChI is InChI=1S/C16H23N3O/c1-13(2)18-15(12-20)8-10-19-11-9-17-16(19)14-6-4-3-5-7-14/h3-7,9,11,13,15,18,20H,8,10,12H2,1-2H3. The molecule has 0 radical (unpaired) electrons. The fraction of sp³-hybridized carbons (Fsp3) is 0.438. The first-order chi connectivity index (χ1) is 9.70. The molecule has 1 atom stereocenters. The molecule has 2 rings (SSSR count). The molecule has 1 aromatic heterocycles. The van der Waals surface area contributed by atoms with E-state index in [0.29, 0.717) is 6.04 Å². The molecule has 1 aromatic carbocycles. The van der Waals surface area contributed by atoms with Crippen LogP contribution in [0.25, 0.3) is 11.4 Å². The van der Waals surface area contributed by atoms with Crippen LogP contribution in [0.1, 0.15) is 20.3 Å². The molecule has 2 N–H and O–H groups in total. The summed E-state index contributed by atoms with van der Waals surface area (Å²) in [7, 11) is 0. The van der Waals surface area contributed by atoms with Crippen molar-refractivity contribution in [3.63, 3.8) is 0 Å². The number of aliphatic hydroxyl groups is 1. The van der Waals surface area contributed by atoms with E-state index in [9.17, 15) is 5.11 Å². The van der Waals surface area contributed by atoms with Crippen molar-refractivity contribution in [2.24, 2.45) is 0 Å². The lowest BCUT2D eigenvalue weighted by Crippen LogP contribution is -2.38. The molecule has 0 fully saturated rings. The molecule has 0 saturated carbocycles. The van der Waals surface area contributed by atoms with E-state index in [1.165, 1.54) is 0 Å². The normalized spacial score (nSPS) is 12.8. The molecule has 2 aromatic rings. The number of aliphatic hydroxyl groups excluding tert-OH is 1. The summed E-state index contributed by atoms with van der Waals surface area (Å²) in [6.07, 6.45) is 4.70. The van der Waals surface area contributed by atoms with Crippen molar-refractivity contribution in [1.82, 2.24) is 14.9 Å². The molecule has 0 spiro atoms. The molecular formula is C16H23N3O. The van der Waals surface area contributed by atoms with Gasteiger partial charge in [-0.25, -0.2) is 4.98 Å². The van der Waals surface area contributed by atoms with Gasteiger partial charge in [0.2, 0.25) is 0 Å². The minimum absolute atomic E-state index is 0.126. The number of aromatic nitrogens is 2. The molecule has 1 unspecified atom stereocenters. The number of nitrogens with one attached hydrogen (secondary N) is 1. The van der Waals surface area contributed by atoms with E-state index < -0.39 is 0 Å². The maximum atomic E-state index is 9.40. The Balaban J connectivity index is 2.02. The summed E-state index contributed by atoms with van der Waals surface area (Å²) in [4.78, 5) is 4.43. The van der Waals surface area contributed by atoms with Gasteiger partial charge in [-0.15, -0.1) is 0 Å². The highest BCUT2D eigenvalue weighted by molar-refractivity contribution is 5.55. The summed E-state index contributed by atoms with van der Waals surface area (Å²) >= 11 is 0. The van der Waals surface area contributed by atoms with Gasteiger partial charge < -0.3 is 15.0 Å². The zero-order valence-electron chi connectivity index (χ0n) is 12.2. The number of aryl methyl sites for hydroxylation is 1. The van der Waals surface area contributed by atoms with Crippen LogP contribution in [-0.4, -0.2) is 33.3 Å². The lowest BCUT2D eigenvalue weighted by Gasteiger charge is -2.19. The zero-order chi connectivity index (χ0) is 14.4.